The van der Waals surface area contributed by atoms with E-state index < -0.39 is 0 Å². The van der Waals surface area contributed by atoms with Crippen LogP contribution in [0.5, 0.6) is 0 Å². The number of fused-ring (bicyclic) bond motifs is 1. The Balaban J connectivity index is 2.84. The molecule has 0 radical (unpaired) electrons. The van der Waals surface area contributed by atoms with Crippen LogP contribution in [0.15, 0.2) is 12.3 Å². The first kappa shape index (κ1) is 8.55. The first-order valence-corrected chi connectivity index (χ1v) is 4.62. The van der Waals surface area contributed by atoms with Crippen LogP contribution in [0.3, 0.4) is 0 Å². The first-order chi connectivity index (χ1) is 6.76. The Labute approximate surface area is 84.8 Å². The second-order valence-electron chi connectivity index (χ2n) is 2.68. The summed E-state index contributed by atoms with van der Waals surface area (Å²) in [5.41, 5.74) is 6.82. The minimum atomic E-state index is 0.491. The molecule has 0 fully saturated rings. The minimum absolute atomic E-state index is 0.491. The number of hydrogen-bond acceptors (Lipinski definition) is 4. The number of hydrogen-bond donors (Lipinski definition) is 1. The molecule has 66 valence electrons. The Morgan fingerprint density at radius 3 is 3.00 bits per heavy atom. The molecule has 3 nitrogen and oxygen atoms in total. The molecular formula is C10H5N3S. The number of anilines is 1. The van der Waals surface area contributed by atoms with Crippen molar-refractivity contribution in [2.24, 2.45) is 0 Å². The monoisotopic (exact) mass is 199 g/mol. The SMILES string of the molecule is C#Cc1sc2ncc(C#N)cc2c1N. The molecule has 0 aliphatic carbocycles. The van der Waals surface area contributed by atoms with E-state index in [1.54, 1.807) is 6.07 Å². The number of rotatable bonds is 0. The molecule has 0 atom stereocenters. The van der Waals surface area contributed by atoms with E-state index in [0.29, 0.717) is 16.1 Å². The average molecular weight is 199 g/mol. The zero-order chi connectivity index (χ0) is 10.1. The van der Waals surface area contributed by atoms with Crippen LogP contribution in [0.4, 0.5) is 5.69 Å². The lowest BCUT2D eigenvalue weighted by molar-refractivity contribution is 1.39. The molecule has 0 spiro atoms. The molecule has 2 aromatic heterocycles. The molecule has 0 unspecified atom stereocenters. The van der Waals surface area contributed by atoms with Gasteiger partial charge in [-0.25, -0.2) is 4.98 Å². The summed E-state index contributed by atoms with van der Waals surface area (Å²) in [7, 11) is 0. The third-order valence-corrected chi connectivity index (χ3v) is 2.91. The quantitative estimate of drug-likeness (QED) is 0.657. The van der Waals surface area contributed by atoms with Gasteiger partial charge in [-0.15, -0.1) is 17.8 Å². The molecule has 2 rings (SSSR count). The Bertz CT molecular complexity index is 584. The largest absolute Gasteiger partial charge is 0.396 e. The maximum Gasteiger partial charge on any atom is 0.126 e. The van der Waals surface area contributed by atoms with Gasteiger partial charge in [0.15, 0.2) is 0 Å². The topological polar surface area (TPSA) is 62.7 Å². The summed E-state index contributed by atoms with van der Waals surface area (Å²) in [6.07, 6.45) is 6.79. The highest BCUT2D eigenvalue weighted by Gasteiger charge is 2.08. The van der Waals surface area contributed by atoms with E-state index in [1.807, 2.05) is 6.07 Å². The van der Waals surface area contributed by atoms with E-state index in [0.717, 1.165) is 10.2 Å². The summed E-state index contributed by atoms with van der Waals surface area (Å²) in [6, 6.07) is 3.71. The second kappa shape index (κ2) is 3.02. The average Bonchev–Trinajstić information content (AvgIpc) is 2.55. The van der Waals surface area contributed by atoms with E-state index in [9.17, 15) is 0 Å². The van der Waals surface area contributed by atoms with Gasteiger partial charge in [0.1, 0.15) is 15.8 Å². The van der Waals surface area contributed by atoms with E-state index in [4.69, 9.17) is 17.4 Å². The molecule has 0 amide bonds. The predicted octanol–water partition coefficient (Wildman–Crippen LogP) is 1.73. The van der Waals surface area contributed by atoms with E-state index in [1.165, 1.54) is 17.5 Å². The lowest BCUT2D eigenvalue weighted by Crippen LogP contribution is -1.85. The zero-order valence-electron chi connectivity index (χ0n) is 7.11. The van der Waals surface area contributed by atoms with Crippen LogP contribution in [-0.2, 0) is 0 Å². The molecule has 0 saturated carbocycles. The third-order valence-electron chi connectivity index (χ3n) is 1.84. The number of nitrogen functional groups attached to an aromatic ring is 1. The van der Waals surface area contributed by atoms with Gasteiger partial charge in [0.05, 0.1) is 11.3 Å². The number of nitriles is 1. The van der Waals surface area contributed by atoms with E-state index in [2.05, 4.69) is 10.9 Å². The standard InChI is InChI=1S/C10H5N3S/c1-2-8-9(12)7-3-6(4-11)5-13-10(7)14-8/h1,3,5H,12H2. The van der Waals surface area contributed by atoms with Gasteiger partial charge in [0.2, 0.25) is 0 Å². The summed E-state index contributed by atoms with van der Waals surface area (Å²) in [5.74, 6) is 2.49. The number of terminal acetylenes is 1. The van der Waals surface area contributed by atoms with E-state index in [-0.39, 0.29) is 0 Å². The molecule has 4 heteroatoms. The normalized spacial score (nSPS) is 9.57. The van der Waals surface area contributed by atoms with Crippen LogP contribution < -0.4 is 5.73 Å². The Kier molecular flexibility index (Phi) is 1.85. The van der Waals surface area contributed by atoms with Crippen molar-refractivity contribution in [2.45, 2.75) is 0 Å². The molecule has 0 saturated heterocycles. The molecule has 2 N–H and O–H groups in total. The fourth-order valence-electron chi connectivity index (χ4n) is 1.17. The van der Waals surface area contributed by atoms with Crippen LogP contribution in [0.25, 0.3) is 10.2 Å². The lowest BCUT2D eigenvalue weighted by Gasteiger charge is -1.91. The molecule has 0 bridgehead atoms. The number of nitrogens with two attached hydrogens (primary N) is 1. The van der Waals surface area contributed by atoms with Crippen molar-refractivity contribution < 1.29 is 0 Å². The van der Waals surface area contributed by atoms with Crippen molar-refractivity contribution in [1.82, 2.24) is 4.98 Å². The first-order valence-electron chi connectivity index (χ1n) is 3.81. The van der Waals surface area contributed by atoms with Gasteiger partial charge in [0.25, 0.3) is 0 Å². The fraction of sp³-hybridized carbons (Fsp3) is 0. The highest BCUT2D eigenvalue weighted by Crippen LogP contribution is 2.31. The Morgan fingerprint density at radius 2 is 2.36 bits per heavy atom. The molecule has 0 aliphatic heterocycles. The summed E-state index contributed by atoms with van der Waals surface area (Å²) in [6.45, 7) is 0. The van der Waals surface area contributed by atoms with Crippen molar-refractivity contribution in [3.05, 3.63) is 22.7 Å². The number of nitrogens with zero attached hydrogens (tertiary/aromatic N) is 2. The van der Waals surface area contributed by atoms with Gasteiger partial charge in [0, 0.05) is 11.6 Å². The van der Waals surface area contributed by atoms with Crippen LogP contribution in [0.1, 0.15) is 10.4 Å². The van der Waals surface area contributed by atoms with Crippen LogP contribution in [0, 0.1) is 23.7 Å². The van der Waals surface area contributed by atoms with Crippen molar-refractivity contribution in [2.75, 3.05) is 5.73 Å². The molecule has 0 aromatic carbocycles. The number of pyridine rings is 1. The van der Waals surface area contributed by atoms with Crippen LogP contribution >= 0.6 is 11.3 Å². The van der Waals surface area contributed by atoms with E-state index >= 15 is 0 Å². The molecular weight excluding hydrogens is 194 g/mol. The molecule has 0 aliphatic rings. The predicted molar refractivity (Wildman–Crippen MR) is 56.7 cm³/mol. The fourth-order valence-corrected chi connectivity index (χ4v) is 2.03. The van der Waals surface area contributed by atoms with Gasteiger partial charge in [-0.2, -0.15) is 5.26 Å². The van der Waals surface area contributed by atoms with Gasteiger partial charge in [-0.1, -0.05) is 5.92 Å². The van der Waals surface area contributed by atoms with Crippen molar-refractivity contribution >= 4 is 27.2 Å². The summed E-state index contributed by atoms with van der Waals surface area (Å²) < 4.78 is 0. The van der Waals surface area contributed by atoms with Crippen molar-refractivity contribution in [1.29, 1.82) is 5.26 Å². The van der Waals surface area contributed by atoms with Crippen molar-refractivity contribution in [3.8, 4) is 18.4 Å². The highest BCUT2D eigenvalue weighted by molar-refractivity contribution is 7.19. The van der Waals surface area contributed by atoms with Gasteiger partial charge >= 0.3 is 0 Å². The van der Waals surface area contributed by atoms with Crippen LogP contribution in [-0.4, -0.2) is 4.98 Å². The Hall–Kier alpha value is -2.04. The van der Waals surface area contributed by atoms with Gasteiger partial charge in [-0.3, -0.25) is 0 Å². The van der Waals surface area contributed by atoms with Gasteiger partial charge < -0.3 is 5.73 Å². The minimum Gasteiger partial charge on any atom is -0.396 e. The summed E-state index contributed by atoms with van der Waals surface area (Å²) in [5, 5.41) is 9.45. The van der Waals surface area contributed by atoms with Crippen molar-refractivity contribution in [3.63, 3.8) is 0 Å². The van der Waals surface area contributed by atoms with Crippen LogP contribution in [0.2, 0.25) is 0 Å². The number of aromatic nitrogens is 1. The summed E-state index contributed by atoms with van der Waals surface area (Å²) >= 11 is 1.36. The summed E-state index contributed by atoms with van der Waals surface area (Å²) in [4.78, 5) is 5.54. The highest BCUT2D eigenvalue weighted by atomic mass is 32.1. The van der Waals surface area contributed by atoms with Gasteiger partial charge in [-0.05, 0) is 6.07 Å². The maximum absolute atomic E-state index is 8.68. The third kappa shape index (κ3) is 1.10. The lowest BCUT2D eigenvalue weighted by atomic mass is 10.2. The maximum atomic E-state index is 8.68. The molecule has 2 heterocycles. The smallest absolute Gasteiger partial charge is 0.126 e. The Morgan fingerprint density at radius 1 is 1.57 bits per heavy atom. The molecule has 2 aromatic rings. The zero-order valence-corrected chi connectivity index (χ0v) is 7.93. The number of thiophene rings is 1. The second-order valence-corrected chi connectivity index (χ2v) is 3.68. The molecule has 14 heavy (non-hydrogen) atoms.